The largest absolute Gasteiger partial charge is 0.493 e. The zero-order valence-corrected chi connectivity index (χ0v) is 19.5. The van der Waals surface area contributed by atoms with Gasteiger partial charge in [0.15, 0.2) is 17.5 Å². The van der Waals surface area contributed by atoms with E-state index in [9.17, 15) is 13.2 Å². The van der Waals surface area contributed by atoms with Crippen molar-refractivity contribution >= 4 is 11.5 Å². The van der Waals surface area contributed by atoms with Gasteiger partial charge in [-0.2, -0.15) is 18.3 Å². The first kappa shape index (κ1) is 23.3. The quantitative estimate of drug-likeness (QED) is 0.455. The van der Waals surface area contributed by atoms with Crippen LogP contribution in [0.1, 0.15) is 30.5 Å². The number of alkyl halides is 3. The molecule has 1 aromatic heterocycles. The number of rotatable bonds is 6. The Bertz CT molecular complexity index is 1170. The van der Waals surface area contributed by atoms with Crippen LogP contribution in [0.4, 0.5) is 24.7 Å². The molecule has 2 aliphatic heterocycles. The van der Waals surface area contributed by atoms with E-state index >= 15 is 0 Å². The molecule has 3 atom stereocenters. The Labute approximate surface area is 201 Å². The minimum Gasteiger partial charge on any atom is -0.493 e. The van der Waals surface area contributed by atoms with Crippen LogP contribution in [0.2, 0.25) is 0 Å². The van der Waals surface area contributed by atoms with E-state index in [4.69, 9.17) is 9.47 Å². The number of hydrogen-bond donors (Lipinski definition) is 3. The van der Waals surface area contributed by atoms with Gasteiger partial charge in [0.2, 0.25) is 0 Å². The van der Waals surface area contributed by atoms with Crippen LogP contribution in [0.3, 0.4) is 0 Å². The predicted molar refractivity (Wildman–Crippen MR) is 128 cm³/mol. The maximum Gasteiger partial charge on any atom is 0.410 e. The maximum atomic E-state index is 14.1. The summed E-state index contributed by atoms with van der Waals surface area (Å²) in [6.45, 7) is 1.91. The lowest BCUT2D eigenvalue weighted by molar-refractivity contribution is -0.173. The standard InChI is InChI=1S/C25H28F3N5O2/c1-34-21-8-5-16(11-22(21)35-2)19-12-23(25(26,27)28)33-24(31-19)13-20(32-33)15-3-6-17(7-4-15)30-18-9-10-29-14-18/h3-8,11,13,18-19,23,29-31H,9-10,12,14H2,1-2H3/t18-,19+,23-/m1/s1. The van der Waals surface area contributed by atoms with Gasteiger partial charge >= 0.3 is 6.18 Å². The molecule has 1 fully saturated rings. The maximum absolute atomic E-state index is 14.1. The van der Waals surface area contributed by atoms with Gasteiger partial charge in [-0.05, 0) is 42.8 Å². The summed E-state index contributed by atoms with van der Waals surface area (Å²) in [5, 5.41) is 14.4. The van der Waals surface area contributed by atoms with E-state index in [0.29, 0.717) is 34.6 Å². The average Bonchev–Trinajstić information content (AvgIpc) is 3.52. The summed E-state index contributed by atoms with van der Waals surface area (Å²) < 4.78 is 53.9. The van der Waals surface area contributed by atoms with Crippen LogP contribution in [-0.2, 0) is 0 Å². The molecule has 0 bridgehead atoms. The minimum atomic E-state index is -4.45. The molecule has 2 aromatic carbocycles. The van der Waals surface area contributed by atoms with Gasteiger partial charge in [0.25, 0.3) is 0 Å². The number of halogens is 3. The predicted octanol–water partition coefficient (Wildman–Crippen LogP) is 5.00. The van der Waals surface area contributed by atoms with Crippen molar-refractivity contribution in [3.8, 4) is 22.8 Å². The van der Waals surface area contributed by atoms with E-state index in [1.54, 1.807) is 24.3 Å². The van der Waals surface area contributed by atoms with Gasteiger partial charge in [-0.15, -0.1) is 0 Å². The molecule has 0 radical (unpaired) electrons. The number of nitrogens with zero attached hydrogens (tertiary/aromatic N) is 2. The Kier molecular flexibility index (Phi) is 6.22. The molecule has 0 unspecified atom stereocenters. The zero-order valence-electron chi connectivity index (χ0n) is 19.5. The summed E-state index contributed by atoms with van der Waals surface area (Å²) in [5.41, 5.74) is 2.91. The normalized spacial score (nSPS) is 21.8. The Morgan fingerprint density at radius 2 is 1.80 bits per heavy atom. The molecule has 10 heteroatoms. The third kappa shape index (κ3) is 4.75. The van der Waals surface area contributed by atoms with Crippen molar-refractivity contribution in [2.75, 3.05) is 37.9 Å². The molecule has 3 heterocycles. The molecule has 1 saturated heterocycles. The van der Waals surface area contributed by atoms with Gasteiger partial charge in [0.1, 0.15) is 5.82 Å². The van der Waals surface area contributed by atoms with Crippen molar-refractivity contribution in [2.45, 2.75) is 37.1 Å². The van der Waals surface area contributed by atoms with E-state index in [0.717, 1.165) is 35.4 Å². The number of benzene rings is 2. The molecule has 0 spiro atoms. The number of fused-ring (bicyclic) bond motifs is 1. The van der Waals surface area contributed by atoms with Crippen LogP contribution >= 0.6 is 0 Å². The van der Waals surface area contributed by atoms with Crippen molar-refractivity contribution in [3.05, 3.63) is 54.1 Å². The summed E-state index contributed by atoms with van der Waals surface area (Å²) in [4.78, 5) is 0. The van der Waals surface area contributed by atoms with Crippen molar-refractivity contribution in [3.63, 3.8) is 0 Å². The van der Waals surface area contributed by atoms with Crippen LogP contribution < -0.4 is 25.4 Å². The summed E-state index contributed by atoms with van der Waals surface area (Å²) >= 11 is 0. The van der Waals surface area contributed by atoms with Crippen LogP contribution in [0.25, 0.3) is 11.3 Å². The number of nitrogens with one attached hydrogen (secondary N) is 3. The molecule has 3 aromatic rings. The van der Waals surface area contributed by atoms with Crippen molar-refractivity contribution in [1.29, 1.82) is 0 Å². The van der Waals surface area contributed by atoms with Gasteiger partial charge in [-0.25, -0.2) is 4.68 Å². The molecular weight excluding hydrogens is 459 g/mol. The first-order valence-corrected chi connectivity index (χ1v) is 11.6. The first-order valence-electron chi connectivity index (χ1n) is 11.6. The zero-order chi connectivity index (χ0) is 24.6. The molecule has 0 saturated carbocycles. The highest BCUT2D eigenvalue weighted by Gasteiger charge is 2.46. The van der Waals surface area contributed by atoms with Gasteiger partial charge in [-0.3, -0.25) is 0 Å². The van der Waals surface area contributed by atoms with Crippen LogP contribution in [0.5, 0.6) is 11.5 Å². The molecule has 5 rings (SSSR count). The second kappa shape index (κ2) is 9.33. The molecular formula is C25H28F3N5O2. The fourth-order valence-electron chi connectivity index (χ4n) is 4.75. The van der Waals surface area contributed by atoms with E-state index in [-0.39, 0.29) is 6.42 Å². The fourth-order valence-corrected chi connectivity index (χ4v) is 4.75. The lowest BCUT2D eigenvalue weighted by Crippen LogP contribution is -2.35. The number of methoxy groups -OCH3 is 2. The summed E-state index contributed by atoms with van der Waals surface area (Å²) in [7, 11) is 3.02. The van der Waals surface area contributed by atoms with E-state index in [2.05, 4.69) is 21.0 Å². The van der Waals surface area contributed by atoms with Crippen LogP contribution in [0, 0.1) is 0 Å². The SMILES string of the molecule is COc1ccc([C@@H]2C[C@H](C(F)(F)F)n3nc(-c4ccc(N[C@@H]5CCNC5)cc4)cc3N2)cc1OC. The monoisotopic (exact) mass is 487 g/mol. The third-order valence-corrected chi connectivity index (χ3v) is 6.61. The number of hydrogen-bond acceptors (Lipinski definition) is 6. The van der Waals surface area contributed by atoms with E-state index in [1.165, 1.54) is 14.2 Å². The number of anilines is 2. The molecule has 0 amide bonds. The average molecular weight is 488 g/mol. The Balaban J connectivity index is 1.42. The third-order valence-electron chi connectivity index (χ3n) is 6.61. The minimum absolute atomic E-state index is 0.189. The van der Waals surface area contributed by atoms with Gasteiger partial charge in [-0.1, -0.05) is 18.2 Å². The smallest absolute Gasteiger partial charge is 0.410 e. The van der Waals surface area contributed by atoms with Gasteiger partial charge in [0, 0.05) is 36.3 Å². The highest BCUT2D eigenvalue weighted by atomic mass is 19.4. The number of ether oxygens (including phenoxy) is 2. The fraction of sp³-hybridized carbons (Fsp3) is 0.400. The molecule has 0 aliphatic carbocycles. The summed E-state index contributed by atoms with van der Waals surface area (Å²) in [5.74, 6) is 1.32. The van der Waals surface area contributed by atoms with Gasteiger partial charge in [0.05, 0.1) is 26.0 Å². The topological polar surface area (TPSA) is 72.4 Å². The summed E-state index contributed by atoms with van der Waals surface area (Å²) in [6, 6.07) is 12.5. The Morgan fingerprint density at radius 3 is 2.46 bits per heavy atom. The highest BCUT2D eigenvalue weighted by molar-refractivity contribution is 5.66. The van der Waals surface area contributed by atoms with Crippen molar-refractivity contribution in [2.24, 2.45) is 0 Å². The second-order valence-corrected chi connectivity index (χ2v) is 8.88. The number of aromatic nitrogens is 2. The van der Waals surface area contributed by atoms with Gasteiger partial charge < -0.3 is 25.4 Å². The van der Waals surface area contributed by atoms with E-state index < -0.39 is 18.3 Å². The van der Waals surface area contributed by atoms with Crippen LogP contribution in [0.15, 0.2) is 48.5 Å². The highest BCUT2D eigenvalue weighted by Crippen LogP contribution is 2.45. The molecule has 2 aliphatic rings. The Morgan fingerprint density at radius 1 is 1.03 bits per heavy atom. The molecule has 3 N–H and O–H groups in total. The molecule has 186 valence electrons. The van der Waals surface area contributed by atoms with Crippen molar-refractivity contribution < 1.29 is 22.6 Å². The Hall–Kier alpha value is -3.40. The van der Waals surface area contributed by atoms with Crippen LogP contribution in [-0.4, -0.2) is 49.3 Å². The molecule has 7 nitrogen and oxygen atoms in total. The lowest BCUT2D eigenvalue weighted by Gasteiger charge is -2.33. The first-order chi connectivity index (χ1) is 16.9. The van der Waals surface area contributed by atoms with E-state index in [1.807, 2.05) is 24.3 Å². The lowest BCUT2D eigenvalue weighted by atomic mass is 9.96. The molecule has 35 heavy (non-hydrogen) atoms. The summed E-state index contributed by atoms with van der Waals surface area (Å²) in [6.07, 6.45) is -3.58. The van der Waals surface area contributed by atoms with Crippen molar-refractivity contribution in [1.82, 2.24) is 15.1 Å². The second-order valence-electron chi connectivity index (χ2n) is 8.88.